The number of hydrogen-bond acceptors (Lipinski definition) is 2. The van der Waals surface area contributed by atoms with Gasteiger partial charge in [-0.2, -0.15) is 0 Å². The molecule has 1 N–H and O–H groups in total. The number of nitrogens with zero attached hydrogens (tertiary/aromatic N) is 1. The third kappa shape index (κ3) is 4.99. The van der Waals surface area contributed by atoms with Gasteiger partial charge in [0, 0.05) is 38.0 Å². The van der Waals surface area contributed by atoms with Gasteiger partial charge in [-0.3, -0.25) is 9.59 Å². The van der Waals surface area contributed by atoms with Crippen LogP contribution >= 0.6 is 0 Å². The summed E-state index contributed by atoms with van der Waals surface area (Å²) in [6.45, 7) is 5.98. The Kier molecular flexibility index (Phi) is 6.15. The minimum absolute atomic E-state index is 0.0561. The first-order valence-electron chi connectivity index (χ1n) is 6.68. The molecule has 2 amide bonds. The highest BCUT2D eigenvalue weighted by atomic mass is 19.1. The van der Waals surface area contributed by atoms with Crippen molar-refractivity contribution in [1.82, 2.24) is 10.2 Å². The molecule has 110 valence electrons. The molecule has 4 nitrogen and oxygen atoms in total. The fourth-order valence-electron chi connectivity index (χ4n) is 1.70. The van der Waals surface area contributed by atoms with E-state index >= 15 is 0 Å². The molecule has 1 aromatic rings. The molecule has 1 aromatic carbocycles. The van der Waals surface area contributed by atoms with Gasteiger partial charge >= 0.3 is 0 Å². The first-order chi connectivity index (χ1) is 9.41. The van der Waals surface area contributed by atoms with Gasteiger partial charge < -0.3 is 10.2 Å². The van der Waals surface area contributed by atoms with Crippen LogP contribution in [-0.4, -0.2) is 29.8 Å². The second-order valence-electron chi connectivity index (χ2n) is 4.98. The monoisotopic (exact) mass is 280 g/mol. The Labute approximate surface area is 119 Å². The van der Waals surface area contributed by atoms with E-state index in [-0.39, 0.29) is 30.1 Å². The van der Waals surface area contributed by atoms with E-state index in [1.54, 1.807) is 32.0 Å². The summed E-state index contributed by atoms with van der Waals surface area (Å²) in [5.41, 5.74) is 0.470. The predicted molar refractivity (Wildman–Crippen MR) is 75.3 cm³/mol. The van der Waals surface area contributed by atoms with Crippen LogP contribution in [0.3, 0.4) is 0 Å². The van der Waals surface area contributed by atoms with Gasteiger partial charge in [0.1, 0.15) is 5.82 Å². The summed E-state index contributed by atoms with van der Waals surface area (Å²) in [7, 11) is 0. The van der Waals surface area contributed by atoms with E-state index in [0.717, 1.165) is 0 Å². The summed E-state index contributed by atoms with van der Waals surface area (Å²) >= 11 is 0. The van der Waals surface area contributed by atoms with Crippen LogP contribution in [0.1, 0.15) is 26.3 Å². The van der Waals surface area contributed by atoms with Gasteiger partial charge in [0.25, 0.3) is 0 Å². The number of amides is 2. The Morgan fingerprint density at radius 3 is 2.50 bits per heavy atom. The highest BCUT2D eigenvalue weighted by Gasteiger charge is 2.13. The van der Waals surface area contributed by atoms with Crippen LogP contribution in [0.2, 0.25) is 0 Å². The number of carbonyl (C=O) groups is 2. The molecule has 0 aliphatic carbocycles. The quantitative estimate of drug-likeness (QED) is 0.866. The third-order valence-electron chi connectivity index (χ3n) is 2.97. The molecule has 0 bridgehead atoms. The first kappa shape index (κ1) is 16.1. The lowest BCUT2D eigenvalue weighted by Crippen LogP contribution is -2.38. The predicted octanol–water partition coefficient (Wildman–Crippen LogP) is 1.95. The lowest BCUT2D eigenvalue weighted by Gasteiger charge is -2.22. The summed E-state index contributed by atoms with van der Waals surface area (Å²) in [5.74, 6) is -0.622. The number of halogens is 1. The van der Waals surface area contributed by atoms with E-state index in [1.165, 1.54) is 17.9 Å². The fourth-order valence-corrected chi connectivity index (χ4v) is 1.70. The molecule has 0 aromatic heterocycles. The summed E-state index contributed by atoms with van der Waals surface area (Å²) in [5, 5.41) is 2.74. The van der Waals surface area contributed by atoms with Crippen LogP contribution in [0.4, 0.5) is 4.39 Å². The minimum Gasteiger partial charge on any atom is -0.354 e. The summed E-state index contributed by atoms with van der Waals surface area (Å²) in [4.78, 5) is 24.5. The molecule has 0 atom stereocenters. The molecule has 0 fully saturated rings. The molecule has 0 radical (unpaired) electrons. The zero-order valence-corrected chi connectivity index (χ0v) is 12.1. The molecular formula is C15H21FN2O2. The average molecular weight is 280 g/mol. The Morgan fingerprint density at radius 2 is 1.95 bits per heavy atom. The minimum atomic E-state index is -0.329. The van der Waals surface area contributed by atoms with Crippen LogP contribution in [-0.2, 0) is 16.1 Å². The van der Waals surface area contributed by atoms with Crippen molar-refractivity contribution in [3.63, 3.8) is 0 Å². The number of carbonyl (C=O) groups excluding carboxylic acids is 2. The smallest absolute Gasteiger partial charge is 0.222 e. The molecule has 0 saturated heterocycles. The number of benzene rings is 1. The van der Waals surface area contributed by atoms with Crippen molar-refractivity contribution >= 4 is 11.8 Å². The lowest BCUT2D eigenvalue weighted by molar-refractivity contribution is -0.130. The average Bonchev–Trinajstić information content (AvgIpc) is 2.39. The van der Waals surface area contributed by atoms with E-state index in [4.69, 9.17) is 0 Å². The SMILES string of the molecule is CC(=O)N(CCNC(=O)C(C)C)Cc1ccccc1F. The Hall–Kier alpha value is -1.91. The molecule has 5 heteroatoms. The fraction of sp³-hybridized carbons (Fsp3) is 0.467. The Balaban J connectivity index is 2.56. The zero-order chi connectivity index (χ0) is 15.1. The van der Waals surface area contributed by atoms with Crippen molar-refractivity contribution in [2.75, 3.05) is 13.1 Å². The van der Waals surface area contributed by atoms with Crippen molar-refractivity contribution in [1.29, 1.82) is 0 Å². The van der Waals surface area contributed by atoms with Crippen molar-refractivity contribution in [3.8, 4) is 0 Å². The van der Waals surface area contributed by atoms with E-state index in [1.807, 2.05) is 0 Å². The van der Waals surface area contributed by atoms with Crippen LogP contribution in [0.25, 0.3) is 0 Å². The molecule has 0 spiro atoms. The number of nitrogens with one attached hydrogen (secondary N) is 1. The Bertz CT molecular complexity index is 475. The van der Waals surface area contributed by atoms with Crippen molar-refractivity contribution in [2.24, 2.45) is 5.92 Å². The van der Waals surface area contributed by atoms with Crippen LogP contribution < -0.4 is 5.32 Å². The number of hydrogen-bond donors (Lipinski definition) is 1. The maximum absolute atomic E-state index is 13.6. The molecule has 0 aliphatic rings. The van der Waals surface area contributed by atoms with Crippen molar-refractivity contribution in [2.45, 2.75) is 27.3 Å². The van der Waals surface area contributed by atoms with Gasteiger partial charge in [0.2, 0.25) is 11.8 Å². The van der Waals surface area contributed by atoms with Gasteiger partial charge in [-0.15, -0.1) is 0 Å². The van der Waals surface area contributed by atoms with Crippen molar-refractivity contribution < 1.29 is 14.0 Å². The molecule has 0 saturated carbocycles. The maximum Gasteiger partial charge on any atom is 0.222 e. The largest absolute Gasteiger partial charge is 0.354 e. The molecule has 20 heavy (non-hydrogen) atoms. The topological polar surface area (TPSA) is 49.4 Å². The molecule has 0 unspecified atom stereocenters. The van der Waals surface area contributed by atoms with Crippen LogP contribution in [0.15, 0.2) is 24.3 Å². The van der Waals surface area contributed by atoms with Gasteiger partial charge in [0.15, 0.2) is 0 Å². The van der Waals surface area contributed by atoms with Crippen LogP contribution in [0, 0.1) is 11.7 Å². The van der Waals surface area contributed by atoms with Gasteiger partial charge in [-0.25, -0.2) is 4.39 Å². The zero-order valence-electron chi connectivity index (χ0n) is 12.1. The standard InChI is InChI=1S/C15H21FN2O2/c1-11(2)15(20)17-8-9-18(12(3)19)10-13-6-4-5-7-14(13)16/h4-7,11H,8-10H2,1-3H3,(H,17,20). The lowest BCUT2D eigenvalue weighted by atomic mass is 10.2. The molecule has 1 rings (SSSR count). The van der Waals surface area contributed by atoms with Gasteiger partial charge in [0.05, 0.1) is 0 Å². The van der Waals surface area contributed by atoms with Crippen LogP contribution in [0.5, 0.6) is 0 Å². The van der Waals surface area contributed by atoms with E-state index in [2.05, 4.69) is 5.32 Å². The summed E-state index contributed by atoms with van der Waals surface area (Å²) < 4.78 is 13.6. The molecule has 0 heterocycles. The molecular weight excluding hydrogens is 259 g/mol. The molecule has 0 aliphatic heterocycles. The maximum atomic E-state index is 13.6. The van der Waals surface area contributed by atoms with Crippen molar-refractivity contribution in [3.05, 3.63) is 35.6 Å². The summed E-state index contributed by atoms with van der Waals surface area (Å²) in [6, 6.07) is 6.36. The van der Waals surface area contributed by atoms with Gasteiger partial charge in [-0.05, 0) is 6.07 Å². The summed E-state index contributed by atoms with van der Waals surface area (Å²) in [6.07, 6.45) is 0. The highest BCUT2D eigenvalue weighted by molar-refractivity contribution is 5.78. The van der Waals surface area contributed by atoms with E-state index < -0.39 is 0 Å². The number of rotatable bonds is 6. The highest BCUT2D eigenvalue weighted by Crippen LogP contribution is 2.09. The van der Waals surface area contributed by atoms with E-state index in [9.17, 15) is 14.0 Å². The first-order valence-corrected chi connectivity index (χ1v) is 6.68. The van der Waals surface area contributed by atoms with Gasteiger partial charge in [-0.1, -0.05) is 32.0 Å². The second-order valence-corrected chi connectivity index (χ2v) is 4.98. The normalized spacial score (nSPS) is 10.4. The van der Waals surface area contributed by atoms with E-state index in [0.29, 0.717) is 18.7 Å². The third-order valence-corrected chi connectivity index (χ3v) is 2.97. The Morgan fingerprint density at radius 1 is 1.30 bits per heavy atom. The second kappa shape index (κ2) is 7.62.